The summed E-state index contributed by atoms with van der Waals surface area (Å²) >= 11 is 0. The van der Waals surface area contributed by atoms with E-state index in [0.717, 1.165) is 64.2 Å². The maximum Gasteiger partial charge on any atom is 0.241 e. The fourth-order valence-electron chi connectivity index (χ4n) is 5.03. The molecule has 2 fully saturated rings. The molecule has 0 spiro atoms. The van der Waals surface area contributed by atoms with Crippen molar-refractivity contribution < 1.29 is 4.79 Å². The Morgan fingerprint density at radius 1 is 1.03 bits per heavy atom. The highest BCUT2D eigenvalue weighted by Crippen LogP contribution is 2.22. The van der Waals surface area contributed by atoms with Gasteiger partial charge in [0.1, 0.15) is 0 Å². The first-order valence-corrected chi connectivity index (χ1v) is 11.9. The van der Waals surface area contributed by atoms with Crippen LogP contribution >= 0.6 is 0 Å². The van der Waals surface area contributed by atoms with Crippen LogP contribution < -0.4 is 5.32 Å². The standard InChI is InChI=1S/C25H36N6O/c1-26-25(31-13-10-22(19-31)15-23-16-28-29(2)18-23)27-17-24(32)30-11-8-21(9-12-30)14-20-6-4-3-5-7-20/h3-7,16,18,21-22H,8-15,17,19H2,1-2H3,(H,26,27). The second-order valence-electron chi connectivity index (χ2n) is 9.24. The van der Waals surface area contributed by atoms with Crippen LogP contribution in [-0.2, 0) is 24.7 Å². The van der Waals surface area contributed by atoms with Crippen LogP contribution in [0.15, 0.2) is 47.7 Å². The lowest BCUT2D eigenvalue weighted by atomic mass is 9.90. The Hall–Kier alpha value is -2.83. The fourth-order valence-corrected chi connectivity index (χ4v) is 5.03. The molecule has 2 aliphatic heterocycles. The molecule has 2 saturated heterocycles. The summed E-state index contributed by atoms with van der Waals surface area (Å²) in [5.41, 5.74) is 2.68. The minimum absolute atomic E-state index is 0.176. The number of hydrogen-bond acceptors (Lipinski definition) is 3. The molecule has 1 unspecified atom stereocenters. The average molecular weight is 437 g/mol. The minimum Gasteiger partial charge on any atom is -0.347 e. The number of aromatic nitrogens is 2. The molecular formula is C25H36N6O. The molecule has 172 valence electrons. The third-order valence-corrected chi connectivity index (χ3v) is 6.81. The number of guanidine groups is 1. The lowest BCUT2D eigenvalue weighted by Gasteiger charge is -2.32. The Labute approximate surface area is 191 Å². The molecule has 3 heterocycles. The van der Waals surface area contributed by atoms with Crippen molar-refractivity contribution in [3.8, 4) is 0 Å². The SMILES string of the molecule is CN=C(NCC(=O)N1CCC(Cc2ccccc2)CC1)N1CCC(Cc2cnn(C)c2)C1. The molecule has 0 radical (unpaired) electrons. The Balaban J connectivity index is 1.19. The van der Waals surface area contributed by atoms with E-state index in [1.54, 1.807) is 7.05 Å². The summed E-state index contributed by atoms with van der Waals surface area (Å²) < 4.78 is 1.86. The minimum atomic E-state index is 0.176. The second-order valence-corrected chi connectivity index (χ2v) is 9.24. The molecule has 1 N–H and O–H groups in total. The number of nitrogens with zero attached hydrogens (tertiary/aromatic N) is 5. The van der Waals surface area contributed by atoms with Crippen molar-refractivity contribution in [2.45, 2.75) is 32.1 Å². The molecule has 0 bridgehead atoms. The van der Waals surface area contributed by atoms with Gasteiger partial charge in [-0.15, -0.1) is 0 Å². The van der Waals surface area contributed by atoms with Crippen LogP contribution in [0.2, 0.25) is 0 Å². The van der Waals surface area contributed by atoms with Crippen LogP contribution in [0, 0.1) is 11.8 Å². The summed E-state index contributed by atoms with van der Waals surface area (Å²) in [6.45, 7) is 3.97. The number of nitrogens with one attached hydrogen (secondary N) is 1. The molecule has 0 saturated carbocycles. The van der Waals surface area contributed by atoms with E-state index in [-0.39, 0.29) is 5.91 Å². The zero-order valence-electron chi connectivity index (χ0n) is 19.4. The first-order chi connectivity index (χ1) is 15.6. The van der Waals surface area contributed by atoms with Crippen LogP contribution in [-0.4, -0.2) is 71.2 Å². The third kappa shape index (κ3) is 5.90. The van der Waals surface area contributed by atoms with Gasteiger partial charge >= 0.3 is 0 Å². The molecule has 4 rings (SSSR count). The number of benzene rings is 1. The number of rotatable bonds is 6. The van der Waals surface area contributed by atoms with Crippen LogP contribution in [0.5, 0.6) is 0 Å². The van der Waals surface area contributed by atoms with Crippen molar-refractivity contribution in [1.82, 2.24) is 24.9 Å². The lowest BCUT2D eigenvalue weighted by Crippen LogP contribution is -2.47. The normalized spacial score (nSPS) is 20.1. The predicted octanol–water partition coefficient (Wildman–Crippen LogP) is 2.34. The first-order valence-electron chi connectivity index (χ1n) is 11.9. The summed E-state index contributed by atoms with van der Waals surface area (Å²) in [5.74, 6) is 2.28. The fraction of sp³-hybridized carbons (Fsp3) is 0.560. The monoisotopic (exact) mass is 436 g/mol. The summed E-state index contributed by atoms with van der Waals surface area (Å²) in [6.07, 6.45) is 9.50. The number of piperidine rings is 1. The van der Waals surface area contributed by atoms with Crippen LogP contribution in [0.1, 0.15) is 30.4 Å². The molecule has 7 heteroatoms. The number of aliphatic imine (C=N–C) groups is 1. The van der Waals surface area contributed by atoms with E-state index in [2.05, 4.69) is 56.8 Å². The van der Waals surface area contributed by atoms with Crippen LogP contribution in [0.4, 0.5) is 0 Å². The molecule has 7 nitrogen and oxygen atoms in total. The Morgan fingerprint density at radius 2 is 1.72 bits per heavy atom. The zero-order chi connectivity index (χ0) is 22.3. The van der Waals surface area contributed by atoms with Crippen LogP contribution in [0.3, 0.4) is 0 Å². The topological polar surface area (TPSA) is 65.8 Å². The van der Waals surface area contributed by atoms with Crippen molar-refractivity contribution in [1.29, 1.82) is 0 Å². The van der Waals surface area contributed by atoms with E-state index in [0.29, 0.717) is 18.4 Å². The Kier molecular flexibility index (Phi) is 7.45. The molecule has 1 atom stereocenters. The van der Waals surface area contributed by atoms with E-state index < -0.39 is 0 Å². The van der Waals surface area contributed by atoms with E-state index in [9.17, 15) is 4.79 Å². The Bertz CT molecular complexity index is 900. The summed E-state index contributed by atoms with van der Waals surface area (Å²) in [4.78, 5) is 21.5. The highest BCUT2D eigenvalue weighted by atomic mass is 16.2. The third-order valence-electron chi connectivity index (χ3n) is 6.81. The van der Waals surface area contributed by atoms with Gasteiger partial charge in [-0.05, 0) is 55.1 Å². The first kappa shape index (κ1) is 22.4. The predicted molar refractivity (Wildman–Crippen MR) is 127 cm³/mol. The van der Waals surface area contributed by atoms with E-state index in [1.807, 2.05) is 22.8 Å². The van der Waals surface area contributed by atoms with Gasteiger partial charge in [-0.2, -0.15) is 5.10 Å². The molecule has 2 aliphatic rings. The number of carbonyl (C=O) groups excluding carboxylic acids is 1. The molecule has 2 aromatic rings. The van der Waals surface area contributed by atoms with Gasteiger partial charge in [0.2, 0.25) is 5.91 Å². The molecule has 1 amide bonds. The quantitative estimate of drug-likeness (QED) is 0.558. The summed E-state index contributed by atoms with van der Waals surface area (Å²) in [6, 6.07) is 10.7. The molecule has 1 aromatic carbocycles. The van der Waals surface area contributed by atoms with Crippen LogP contribution in [0.25, 0.3) is 0 Å². The molecular weight excluding hydrogens is 400 g/mol. The summed E-state index contributed by atoms with van der Waals surface area (Å²) in [7, 11) is 3.76. The average Bonchev–Trinajstić information content (AvgIpc) is 3.44. The lowest BCUT2D eigenvalue weighted by molar-refractivity contribution is -0.131. The van der Waals surface area contributed by atoms with Gasteiger partial charge in [0, 0.05) is 46.5 Å². The van der Waals surface area contributed by atoms with E-state index in [1.165, 1.54) is 11.1 Å². The number of aryl methyl sites for hydroxylation is 1. The van der Waals surface area contributed by atoms with Gasteiger partial charge in [-0.3, -0.25) is 14.5 Å². The highest BCUT2D eigenvalue weighted by Gasteiger charge is 2.27. The second kappa shape index (κ2) is 10.7. The van der Waals surface area contributed by atoms with Gasteiger partial charge in [0.15, 0.2) is 5.96 Å². The van der Waals surface area contributed by atoms with Gasteiger partial charge in [-0.1, -0.05) is 30.3 Å². The summed E-state index contributed by atoms with van der Waals surface area (Å²) in [5, 5.41) is 7.59. The molecule has 0 aliphatic carbocycles. The van der Waals surface area contributed by atoms with Crippen molar-refractivity contribution >= 4 is 11.9 Å². The number of hydrogen-bond donors (Lipinski definition) is 1. The number of likely N-dealkylation sites (tertiary alicyclic amines) is 2. The van der Waals surface area contributed by atoms with Gasteiger partial charge in [0.05, 0.1) is 12.7 Å². The number of carbonyl (C=O) groups is 1. The zero-order valence-corrected chi connectivity index (χ0v) is 19.4. The largest absolute Gasteiger partial charge is 0.347 e. The van der Waals surface area contributed by atoms with Crippen molar-refractivity contribution in [3.05, 3.63) is 53.9 Å². The van der Waals surface area contributed by atoms with Crippen molar-refractivity contribution in [3.63, 3.8) is 0 Å². The smallest absolute Gasteiger partial charge is 0.241 e. The van der Waals surface area contributed by atoms with E-state index >= 15 is 0 Å². The molecule has 1 aromatic heterocycles. The Morgan fingerprint density at radius 3 is 2.41 bits per heavy atom. The highest BCUT2D eigenvalue weighted by molar-refractivity contribution is 5.86. The van der Waals surface area contributed by atoms with Gasteiger partial charge in [-0.25, -0.2) is 0 Å². The maximum absolute atomic E-state index is 12.8. The van der Waals surface area contributed by atoms with Crippen molar-refractivity contribution in [2.24, 2.45) is 23.9 Å². The van der Waals surface area contributed by atoms with Gasteiger partial charge < -0.3 is 15.1 Å². The van der Waals surface area contributed by atoms with Gasteiger partial charge in [0.25, 0.3) is 0 Å². The number of amides is 1. The van der Waals surface area contributed by atoms with E-state index in [4.69, 9.17) is 0 Å². The van der Waals surface area contributed by atoms with Crippen molar-refractivity contribution in [2.75, 3.05) is 39.8 Å². The molecule has 32 heavy (non-hydrogen) atoms. The maximum atomic E-state index is 12.8.